The molecule has 0 saturated heterocycles. The SMILES string of the molecule is CC/C=C\C/C=C\C/C=C\C/C=C\C=C/C(O)C/C=C\CCC(=O)OC[C@H](COP(=O)(O)O)OC(=O)CCCCCCCCCCCCCCCCC(C)C. The van der Waals surface area contributed by atoms with E-state index in [-0.39, 0.29) is 19.4 Å². The van der Waals surface area contributed by atoms with Gasteiger partial charge in [0.15, 0.2) is 6.10 Å². The molecule has 0 spiro atoms. The van der Waals surface area contributed by atoms with Crippen molar-refractivity contribution in [2.24, 2.45) is 5.92 Å². The highest BCUT2D eigenvalue weighted by molar-refractivity contribution is 7.46. The van der Waals surface area contributed by atoms with Gasteiger partial charge in [-0.25, -0.2) is 4.57 Å². The van der Waals surface area contributed by atoms with E-state index < -0.39 is 38.6 Å². The molecule has 0 aliphatic rings. The molecule has 55 heavy (non-hydrogen) atoms. The molecule has 0 aliphatic carbocycles. The standard InChI is InChI=1S/C45H77O9P/c1-4-5-6-7-8-9-10-13-17-20-23-26-30-35-42(46)36-31-28-33-37-44(47)52-39-43(40-53-55(49,50)51)54-45(48)38-32-27-24-21-18-15-12-11-14-16-19-22-25-29-34-41(2)3/h5-6,8-9,13,17,23,26,28,30-31,35,41-43,46H,4,7,10-12,14-16,18-22,24-25,27,29,32-34,36-40H2,1-3H3,(H2,49,50,51)/b6-5-,9-8-,17-13-,26-23-,31-28-,35-30-/t42?,43-/m1/s1. The van der Waals surface area contributed by atoms with Crippen LogP contribution in [0.5, 0.6) is 0 Å². The molecule has 0 aliphatic heterocycles. The third-order valence-corrected chi connectivity index (χ3v) is 9.25. The zero-order chi connectivity index (χ0) is 40.7. The average molecular weight is 793 g/mol. The van der Waals surface area contributed by atoms with E-state index in [9.17, 15) is 19.3 Å². The minimum Gasteiger partial charge on any atom is -0.462 e. The van der Waals surface area contributed by atoms with Gasteiger partial charge in [-0.15, -0.1) is 0 Å². The molecule has 0 heterocycles. The van der Waals surface area contributed by atoms with Crippen LogP contribution < -0.4 is 0 Å². The van der Waals surface area contributed by atoms with Crippen molar-refractivity contribution in [2.75, 3.05) is 13.2 Å². The molecule has 2 atom stereocenters. The van der Waals surface area contributed by atoms with Crippen LogP contribution in [0.15, 0.2) is 72.9 Å². The van der Waals surface area contributed by atoms with Gasteiger partial charge in [-0.3, -0.25) is 14.1 Å². The van der Waals surface area contributed by atoms with Gasteiger partial charge in [-0.1, -0.05) is 184 Å². The molecular formula is C45H77O9P. The lowest BCUT2D eigenvalue weighted by molar-refractivity contribution is -0.161. The first kappa shape index (κ1) is 52.5. The number of allylic oxidation sites excluding steroid dienone is 10. The summed E-state index contributed by atoms with van der Waals surface area (Å²) in [5.41, 5.74) is 0. The summed E-state index contributed by atoms with van der Waals surface area (Å²) in [6, 6.07) is 0. The summed E-state index contributed by atoms with van der Waals surface area (Å²) in [6.07, 6.45) is 45.2. The predicted molar refractivity (Wildman–Crippen MR) is 226 cm³/mol. The first-order valence-corrected chi connectivity index (χ1v) is 22.7. The number of rotatable bonds is 37. The largest absolute Gasteiger partial charge is 0.469 e. The van der Waals surface area contributed by atoms with Gasteiger partial charge in [-0.05, 0) is 50.9 Å². The number of hydrogen-bond acceptors (Lipinski definition) is 7. The van der Waals surface area contributed by atoms with E-state index in [1.54, 1.807) is 18.2 Å². The molecule has 9 nitrogen and oxygen atoms in total. The molecule has 316 valence electrons. The number of phosphoric acid groups is 1. The zero-order valence-electron chi connectivity index (χ0n) is 34.6. The van der Waals surface area contributed by atoms with Crippen LogP contribution in [0.3, 0.4) is 0 Å². The first-order valence-electron chi connectivity index (χ1n) is 21.2. The molecule has 0 radical (unpaired) electrons. The average Bonchev–Trinajstić information content (AvgIpc) is 3.13. The Labute approximate surface area is 334 Å². The van der Waals surface area contributed by atoms with Crippen LogP contribution in [0.2, 0.25) is 0 Å². The Hall–Kier alpha value is -2.55. The maximum absolute atomic E-state index is 12.4. The molecular weight excluding hydrogens is 715 g/mol. The Balaban J connectivity index is 4.13. The van der Waals surface area contributed by atoms with Gasteiger partial charge in [-0.2, -0.15) is 0 Å². The van der Waals surface area contributed by atoms with Crippen LogP contribution >= 0.6 is 7.82 Å². The second-order valence-corrected chi connectivity index (χ2v) is 15.9. The highest BCUT2D eigenvalue weighted by Gasteiger charge is 2.22. The lowest BCUT2D eigenvalue weighted by atomic mass is 10.0. The highest BCUT2D eigenvalue weighted by Crippen LogP contribution is 2.36. The fourth-order valence-corrected chi connectivity index (χ4v) is 5.97. The molecule has 0 aromatic rings. The van der Waals surface area contributed by atoms with Crippen molar-refractivity contribution >= 4 is 19.8 Å². The lowest BCUT2D eigenvalue weighted by Crippen LogP contribution is -2.29. The van der Waals surface area contributed by atoms with Crippen LogP contribution in [-0.4, -0.2) is 52.3 Å². The number of esters is 2. The Morgan fingerprint density at radius 3 is 1.69 bits per heavy atom. The minimum absolute atomic E-state index is 0.0586. The molecule has 0 aromatic heterocycles. The third kappa shape index (κ3) is 42.4. The summed E-state index contributed by atoms with van der Waals surface area (Å²) in [4.78, 5) is 42.9. The summed E-state index contributed by atoms with van der Waals surface area (Å²) in [5.74, 6) is -0.248. The molecule has 0 saturated carbocycles. The van der Waals surface area contributed by atoms with Gasteiger partial charge in [0.25, 0.3) is 0 Å². The topological polar surface area (TPSA) is 140 Å². The van der Waals surface area contributed by atoms with E-state index in [0.29, 0.717) is 19.3 Å². The Bertz CT molecular complexity index is 1150. The van der Waals surface area contributed by atoms with Crippen molar-refractivity contribution in [2.45, 2.75) is 181 Å². The second kappa shape index (κ2) is 38.3. The smallest absolute Gasteiger partial charge is 0.462 e. The van der Waals surface area contributed by atoms with E-state index in [4.69, 9.17) is 19.3 Å². The summed E-state index contributed by atoms with van der Waals surface area (Å²) in [7, 11) is -4.80. The van der Waals surface area contributed by atoms with Gasteiger partial charge in [0.1, 0.15) is 6.61 Å². The first-order chi connectivity index (χ1) is 26.5. The maximum Gasteiger partial charge on any atom is 0.469 e. The molecule has 0 aromatic carbocycles. The van der Waals surface area contributed by atoms with Crippen molar-refractivity contribution in [1.82, 2.24) is 0 Å². The molecule has 1 unspecified atom stereocenters. The number of hydrogen-bond donors (Lipinski definition) is 3. The fraction of sp³-hybridized carbons (Fsp3) is 0.689. The third-order valence-electron chi connectivity index (χ3n) is 8.76. The maximum atomic E-state index is 12.4. The molecule has 0 fully saturated rings. The van der Waals surface area contributed by atoms with E-state index in [1.165, 1.54) is 70.6 Å². The van der Waals surface area contributed by atoms with Gasteiger partial charge in [0.2, 0.25) is 0 Å². The number of aliphatic hydroxyl groups excluding tert-OH is 1. The van der Waals surface area contributed by atoms with Crippen LogP contribution in [0, 0.1) is 5.92 Å². The Morgan fingerprint density at radius 2 is 1.15 bits per heavy atom. The molecule has 0 bridgehead atoms. The predicted octanol–water partition coefficient (Wildman–Crippen LogP) is 11.9. The van der Waals surface area contributed by atoms with Crippen LogP contribution in [0.25, 0.3) is 0 Å². The number of unbranched alkanes of at least 4 members (excludes halogenated alkanes) is 13. The monoisotopic (exact) mass is 793 g/mol. The van der Waals surface area contributed by atoms with Gasteiger partial charge < -0.3 is 24.4 Å². The number of phosphoric ester groups is 1. The second-order valence-electron chi connectivity index (χ2n) is 14.6. The minimum atomic E-state index is -4.80. The van der Waals surface area contributed by atoms with Crippen molar-refractivity contribution in [3.63, 3.8) is 0 Å². The lowest BCUT2D eigenvalue weighted by Gasteiger charge is -2.18. The Morgan fingerprint density at radius 1 is 0.618 bits per heavy atom. The normalized spacial score (nSPS) is 13.9. The van der Waals surface area contributed by atoms with Crippen LogP contribution in [0.1, 0.15) is 168 Å². The molecule has 0 rings (SSSR count). The van der Waals surface area contributed by atoms with Crippen molar-refractivity contribution in [3.05, 3.63) is 72.9 Å². The zero-order valence-corrected chi connectivity index (χ0v) is 35.5. The quantitative estimate of drug-likeness (QED) is 0.0184. The van der Waals surface area contributed by atoms with E-state index in [0.717, 1.165) is 50.9 Å². The van der Waals surface area contributed by atoms with Crippen LogP contribution in [0.4, 0.5) is 0 Å². The highest BCUT2D eigenvalue weighted by atomic mass is 31.2. The van der Waals surface area contributed by atoms with Crippen LogP contribution in [-0.2, 0) is 28.2 Å². The van der Waals surface area contributed by atoms with E-state index >= 15 is 0 Å². The molecule has 10 heteroatoms. The van der Waals surface area contributed by atoms with Gasteiger partial charge in [0.05, 0.1) is 12.7 Å². The number of ether oxygens (including phenoxy) is 2. The molecule has 3 N–H and O–H groups in total. The summed E-state index contributed by atoms with van der Waals surface area (Å²) in [5, 5.41) is 10.1. The summed E-state index contributed by atoms with van der Waals surface area (Å²) < 4.78 is 26.3. The van der Waals surface area contributed by atoms with Gasteiger partial charge in [0, 0.05) is 12.8 Å². The number of aliphatic hydroxyl groups is 1. The summed E-state index contributed by atoms with van der Waals surface area (Å²) >= 11 is 0. The van der Waals surface area contributed by atoms with Crippen molar-refractivity contribution < 1.29 is 43.0 Å². The van der Waals surface area contributed by atoms with E-state index in [2.05, 4.69) is 61.8 Å². The molecule has 0 amide bonds. The number of carbonyl (C=O) groups is 2. The van der Waals surface area contributed by atoms with Crippen molar-refractivity contribution in [3.8, 4) is 0 Å². The van der Waals surface area contributed by atoms with Crippen molar-refractivity contribution in [1.29, 1.82) is 0 Å². The van der Waals surface area contributed by atoms with E-state index in [1.807, 2.05) is 18.2 Å². The number of carbonyl (C=O) groups excluding carboxylic acids is 2. The summed E-state index contributed by atoms with van der Waals surface area (Å²) in [6.45, 7) is 5.75. The van der Waals surface area contributed by atoms with Gasteiger partial charge >= 0.3 is 19.8 Å². The Kier molecular flexibility index (Phi) is 36.6. The fourth-order valence-electron chi connectivity index (χ4n) is 5.61.